The summed E-state index contributed by atoms with van der Waals surface area (Å²) >= 11 is 1.64. The number of nitrogens with one attached hydrogen (secondary N) is 3. The quantitative estimate of drug-likeness (QED) is 0.183. The van der Waals surface area contributed by atoms with Gasteiger partial charge in [-0.2, -0.15) is 0 Å². The monoisotopic (exact) mass is 586 g/mol. The Balaban J connectivity index is 1.51. The number of amides is 6. The summed E-state index contributed by atoms with van der Waals surface area (Å²) in [7, 11) is 0. The SMILES string of the molecule is O=C(COI)NCCCCNC(=O)COc1cccc2c1C(=O)N(C1CCC(=O)NC1=O)C2=O. The van der Waals surface area contributed by atoms with Crippen LogP contribution < -0.4 is 20.7 Å². The molecule has 0 spiro atoms. The number of hydrogen-bond donors (Lipinski definition) is 3. The van der Waals surface area contributed by atoms with Crippen LogP contribution in [0.3, 0.4) is 0 Å². The second kappa shape index (κ2) is 11.9. The van der Waals surface area contributed by atoms with Crippen LogP contribution in [0.2, 0.25) is 0 Å². The second-order valence-corrected chi connectivity index (χ2v) is 8.20. The van der Waals surface area contributed by atoms with Crippen molar-refractivity contribution in [2.24, 2.45) is 0 Å². The number of nitrogens with zero attached hydrogens (tertiary/aromatic N) is 1. The standard InChI is InChI=1S/C21H23IN4O8/c22-34-11-17(29)24-9-2-1-8-23-16(28)10-33-14-5-3-4-12-18(14)21(32)26(20(12)31)13-6-7-15(27)25-19(13)30/h3-5,13H,1-2,6-11H2,(H,23,28)(H,24,29)(H,25,27,30). The first-order valence-corrected chi connectivity index (χ1v) is 11.5. The molecule has 0 saturated carbocycles. The van der Waals surface area contributed by atoms with Crippen molar-refractivity contribution in [1.29, 1.82) is 0 Å². The molecule has 1 fully saturated rings. The maximum atomic E-state index is 13.0. The summed E-state index contributed by atoms with van der Waals surface area (Å²) in [5.74, 6) is -3.10. The second-order valence-electron chi connectivity index (χ2n) is 7.58. The topological polar surface area (TPSA) is 160 Å². The fourth-order valence-electron chi connectivity index (χ4n) is 3.60. The molecule has 0 radical (unpaired) electrons. The normalized spacial score (nSPS) is 17.3. The number of piperidine rings is 1. The van der Waals surface area contributed by atoms with Crippen molar-refractivity contribution in [1.82, 2.24) is 20.9 Å². The number of rotatable bonds is 11. The molecular weight excluding hydrogens is 563 g/mol. The van der Waals surface area contributed by atoms with E-state index in [0.29, 0.717) is 25.9 Å². The van der Waals surface area contributed by atoms with Gasteiger partial charge in [0.05, 0.1) is 11.1 Å². The van der Waals surface area contributed by atoms with E-state index in [9.17, 15) is 28.8 Å². The fraction of sp³-hybridized carbons (Fsp3) is 0.429. The maximum absolute atomic E-state index is 13.0. The number of halogens is 1. The summed E-state index contributed by atoms with van der Waals surface area (Å²) < 4.78 is 10.2. The highest BCUT2D eigenvalue weighted by Crippen LogP contribution is 2.33. The van der Waals surface area contributed by atoms with E-state index in [-0.39, 0.29) is 48.8 Å². The first kappa shape index (κ1) is 25.6. The van der Waals surface area contributed by atoms with Gasteiger partial charge in [0.2, 0.25) is 17.7 Å². The largest absolute Gasteiger partial charge is 0.483 e. The summed E-state index contributed by atoms with van der Waals surface area (Å²) in [5, 5.41) is 7.48. The minimum absolute atomic E-state index is 0.0167. The minimum atomic E-state index is -1.08. The molecule has 3 rings (SSSR count). The molecule has 182 valence electrons. The molecule has 0 bridgehead atoms. The highest BCUT2D eigenvalue weighted by molar-refractivity contribution is 14.1. The van der Waals surface area contributed by atoms with E-state index in [2.05, 4.69) is 19.0 Å². The molecule has 1 aromatic rings. The van der Waals surface area contributed by atoms with Gasteiger partial charge in [0.1, 0.15) is 41.4 Å². The van der Waals surface area contributed by atoms with Crippen LogP contribution in [0.4, 0.5) is 0 Å². The Morgan fingerprint density at radius 3 is 2.35 bits per heavy atom. The van der Waals surface area contributed by atoms with Gasteiger partial charge in [-0.05, 0) is 31.4 Å². The lowest BCUT2D eigenvalue weighted by Gasteiger charge is -2.27. The van der Waals surface area contributed by atoms with E-state index in [1.807, 2.05) is 0 Å². The number of imide groups is 2. The van der Waals surface area contributed by atoms with Crippen molar-refractivity contribution in [2.75, 3.05) is 26.3 Å². The van der Waals surface area contributed by atoms with Crippen LogP contribution in [-0.4, -0.2) is 72.7 Å². The zero-order valence-corrected chi connectivity index (χ0v) is 20.2. The Hall–Kier alpha value is -3.07. The Morgan fingerprint density at radius 2 is 1.71 bits per heavy atom. The van der Waals surface area contributed by atoms with Gasteiger partial charge in [-0.1, -0.05) is 6.07 Å². The van der Waals surface area contributed by atoms with Crippen LogP contribution >= 0.6 is 23.0 Å². The molecule has 1 atom stereocenters. The molecule has 6 amide bonds. The summed E-state index contributed by atoms with van der Waals surface area (Å²) in [4.78, 5) is 73.6. The van der Waals surface area contributed by atoms with Gasteiger partial charge in [0, 0.05) is 19.5 Å². The number of carbonyl (C=O) groups excluding carboxylic acids is 6. The molecule has 2 heterocycles. The minimum Gasteiger partial charge on any atom is -0.483 e. The fourth-order valence-corrected chi connectivity index (χ4v) is 3.89. The number of hydrogen-bond acceptors (Lipinski definition) is 8. The molecule has 1 saturated heterocycles. The van der Waals surface area contributed by atoms with Crippen LogP contribution in [0.25, 0.3) is 0 Å². The van der Waals surface area contributed by atoms with Crippen molar-refractivity contribution in [3.05, 3.63) is 29.3 Å². The number of carbonyl (C=O) groups is 6. The highest BCUT2D eigenvalue weighted by Gasteiger charge is 2.46. The Bertz CT molecular complexity index is 1010. The van der Waals surface area contributed by atoms with Crippen molar-refractivity contribution < 1.29 is 36.6 Å². The Labute approximate surface area is 208 Å². The van der Waals surface area contributed by atoms with Crippen LogP contribution in [0.5, 0.6) is 5.75 Å². The number of benzene rings is 1. The molecule has 0 aromatic heterocycles. The third-order valence-corrected chi connectivity index (χ3v) is 5.53. The van der Waals surface area contributed by atoms with Gasteiger partial charge in [-0.3, -0.25) is 39.0 Å². The maximum Gasteiger partial charge on any atom is 0.266 e. The van der Waals surface area contributed by atoms with E-state index < -0.39 is 35.6 Å². The van der Waals surface area contributed by atoms with Gasteiger partial charge in [-0.25, -0.2) is 0 Å². The van der Waals surface area contributed by atoms with Gasteiger partial charge in [0.15, 0.2) is 6.61 Å². The molecule has 3 N–H and O–H groups in total. The highest BCUT2D eigenvalue weighted by atomic mass is 127. The number of ether oxygens (including phenoxy) is 1. The van der Waals surface area contributed by atoms with Gasteiger partial charge >= 0.3 is 0 Å². The van der Waals surface area contributed by atoms with Gasteiger partial charge < -0.3 is 18.4 Å². The van der Waals surface area contributed by atoms with Crippen molar-refractivity contribution in [3.63, 3.8) is 0 Å². The van der Waals surface area contributed by atoms with Crippen molar-refractivity contribution >= 4 is 58.4 Å². The molecule has 0 aliphatic carbocycles. The number of fused-ring (bicyclic) bond motifs is 1. The zero-order valence-electron chi connectivity index (χ0n) is 18.1. The van der Waals surface area contributed by atoms with Gasteiger partial charge in [0.25, 0.3) is 17.7 Å². The lowest BCUT2D eigenvalue weighted by atomic mass is 10.0. The summed E-state index contributed by atoms with van der Waals surface area (Å²) in [6.07, 6.45) is 1.36. The van der Waals surface area contributed by atoms with Crippen LogP contribution in [0, 0.1) is 0 Å². The molecular formula is C21H23IN4O8. The zero-order chi connectivity index (χ0) is 24.7. The van der Waals surface area contributed by atoms with Crippen LogP contribution in [-0.2, 0) is 22.2 Å². The molecule has 13 heteroatoms. The van der Waals surface area contributed by atoms with E-state index in [0.717, 1.165) is 4.90 Å². The first-order valence-electron chi connectivity index (χ1n) is 10.6. The van der Waals surface area contributed by atoms with Crippen LogP contribution in [0.1, 0.15) is 46.4 Å². The number of unbranched alkanes of at least 4 members (excludes halogenated alkanes) is 1. The summed E-state index contributed by atoms with van der Waals surface area (Å²) in [6.45, 7) is 0.437. The predicted octanol–water partition coefficient (Wildman–Crippen LogP) is -0.154. The molecule has 2 aliphatic heterocycles. The third-order valence-electron chi connectivity index (χ3n) is 5.22. The van der Waals surface area contributed by atoms with E-state index in [1.165, 1.54) is 18.2 Å². The average molecular weight is 586 g/mol. The molecule has 1 unspecified atom stereocenters. The van der Waals surface area contributed by atoms with E-state index in [1.54, 1.807) is 23.0 Å². The third kappa shape index (κ3) is 6.08. The smallest absolute Gasteiger partial charge is 0.266 e. The molecule has 12 nitrogen and oxygen atoms in total. The van der Waals surface area contributed by atoms with E-state index in [4.69, 9.17) is 4.74 Å². The molecule has 1 aromatic carbocycles. The summed E-state index contributed by atoms with van der Waals surface area (Å²) in [5.41, 5.74) is 0.0545. The summed E-state index contributed by atoms with van der Waals surface area (Å²) in [6, 6.07) is 3.34. The molecule has 2 aliphatic rings. The van der Waals surface area contributed by atoms with Gasteiger partial charge in [-0.15, -0.1) is 0 Å². The Morgan fingerprint density at radius 1 is 1.03 bits per heavy atom. The average Bonchev–Trinajstić information content (AvgIpc) is 3.05. The lowest BCUT2D eigenvalue weighted by molar-refractivity contribution is -0.136. The molecule has 34 heavy (non-hydrogen) atoms. The van der Waals surface area contributed by atoms with Crippen LogP contribution in [0.15, 0.2) is 18.2 Å². The van der Waals surface area contributed by atoms with E-state index >= 15 is 0 Å². The van der Waals surface area contributed by atoms with Crippen molar-refractivity contribution in [2.45, 2.75) is 31.7 Å². The Kier molecular flexibility index (Phi) is 8.92. The lowest BCUT2D eigenvalue weighted by Crippen LogP contribution is -2.54. The van der Waals surface area contributed by atoms with Crippen molar-refractivity contribution in [3.8, 4) is 5.75 Å². The first-order chi connectivity index (χ1) is 16.3. The predicted molar refractivity (Wildman–Crippen MR) is 124 cm³/mol.